The molecule has 2 unspecified atom stereocenters. The number of aliphatic hydroxyl groups is 1. The standard InChI is InChI=1S/C38H28N2O2/c41-36(26-13-2-1-3-14-26)37(42)38(40-34-22-10-6-18-30(34)31-19-7-11-23-35(31)40)24-12-15-27(25-38)39-32-20-8-4-16-28(32)29-17-5-9-21-33(29)39/h1-24,36,41H,25H2. The van der Waals surface area contributed by atoms with Crippen LogP contribution in [-0.2, 0) is 10.3 Å². The number of hydrogen-bond acceptors (Lipinski definition) is 2. The fourth-order valence-corrected chi connectivity index (χ4v) is 6.91. The van der Waals surface area contributed by atoms with E-state index in [1.807, 2.05) is 66.7 Å². The van der Waals surface area contributed by atoms with E-state index < -0.39 is 11.6 Å². The predicted molar refractivity (Wildman–Crippen MR) is 171 cm³/mol. The lowest BCUT2D eigenvalue weighted by Gasteiger charge is -2.37. The topological polar surface area (TPSA) is 47.2 Å². The van der Waals surface area contributed by atoms with E-state index in [0.29, 0.717) is 12.0 Å². The lowest BCUT2D eigenvalue weighted by atomic mass is 9.80. The molecule has 8 rings (SSSR count). The summed E-state index contributed by atoms with van der Waals surface area (Å²) in [5.74, 6) is -0.261. The highest BCUT2D eigenvalue weighted by Gasteiger charge is 2.45. The Morgan fingerprint density at radius 2 is 1.07 bits per heavy atom. The maximum absolute atomic E-state index is 14.9. The molecule has 2 heterocycles. The molecule has 1 aliphatic rings. The van der Waals surface area contributed by atoms with Crippen molar-refractivity contribution in [3.05, 3.63) is 151 Å². The van der Waals surface area contributed by atoms with Gasteiger partial charge in [0, 0.05) is 33.7 Å². The van der Waals surface area contributed by atoms with Gasteiger partial charge in [0.1, 0.15) is 11.6 Å². The van der Waals surface area contributed by atoms with Gasteiger partial charge in [0.15, 0.2) is 5.78 Å². The fraction of sp³-hybridized carbons (Fsp3) is 0.0789. The maximum Gasteiger partial charge on any atom is 0.195 e. The molecule has 0 radical (unpaired) electrons. The number of hydrogen-bond donors (Lipinski definition) is 1. The summed E-state index contributed by atoms with van der Waals surface area (Å²) in [6, 6.07) is 42.5. The van der Waals surface area contributed by atoms with E-state index in [1.54, 1.807) is 0 Å². The summed E-state index contributed by atoms with van der Waals surface area (Å²) in [5.41, 5.74) is 4.49. The van der Waals surface area contributed by atoms with Crippen LogP contribution in [-0.4, -0.2) is 20.0 Å². The molecule has 42 heavy (non-hydrogen) atoms. The van der Waals surface area contributed by atoms with E-state index >= 15 is 0 Å². The van der Waals surface area contributed by atoms with Gasteiger partial charge in [0.25, 0.3) is 0 Å². The number of nitrogens with zero attached hydrogens (tertiary/aromatic N) is 2. The monoisotopic (exact) mass is 544 g/mol. The number of ketones is 1. The molecule has 5 aromatic carbocycles. The third-order valence-electron chi connectivity index (χ3n) is 8.75. The summed E-state index contributed by atoms with van der Waals surface area (Å²) < 4.78 is 4.43. The van der Waals surface area contributed by atoms with Gasteiger partial charge in [0.05, 0.1) is 22.1 Å². The Labute approximate surface area is 243 Å². The van der Waals surface area contributed by atoms with E-state index in [2.05, 4.69) is 88.0 Å². The Bertz CT molecular complexity index is 2110. The SMILES string of the molecule is O=C(C(O)c1ccccc1)C1(n2c3ccccc3c3ccccc32)C=CC=C(n2c3ccccc3c3ccccc32)C1. The average Bonchev–Trinajstić information content (AvgIpc) is 3.58. The summed E-state index contributed by atoms with van der Waals surface area (Å²) in [6.07, 6.45) is 5.15. The van der Waals surface area contributed by atoms with Crippen LogP contribution in [0.5, 0.6) is 0 Å². The molecule has 0 amide bonds. The predicted octanol–water partition coefficient (Wildman–Crippen LogP) is 8.40. The second-order valence-corrected chi connectivity index (χ2v) is 11.0. The van der Waals surface area contributed by atoms with Gasteiger partial charge in [-0.2, -0.15) is 0 Å². The van der Waals surface area contributed by atoms with Crippen molar-refractivity contribution in [2.45, 2.75) is 18.1 Å². The zero-order chi connectivity index (χ0) is 28.3. The van der Waals surface area contributed by atoms with Gasteiger partial charge in [0.2, 0.25) is 0 Å². The molecule has 4 heteroatoms. The van der Waals surface area contributed by atoms with Crippen molar-refractivity contribution in [3.8, 4) is 0 Å². The van der Waals surface area contributed by atoms with E-state index in [-0.39, 0.29) is 5.78 Å². The van der Waals surface area contributed by atoms with Crippen LogP contribution < -0.4 is 0 Å². The molecule has 1 N–H and O–H groups in total. The Morgan fingerprint density at radius 3 is 1.62 bits per heavy atom. The molecule has 4 nitrogen and oxygen atoms in total. The lowest BCUT2D eigenvalue weighted by Crippen LogP contribution is -2.44. The van der Waals surface area contributed by atoms with Crippen LogP contribution in [0.15, 0.2) is 146 Å². The van der Waals surface area contributed by atoms with Crippen molar-refractivity contribution in [2.75, 3.05) is 0 Å². The number of rotatable bonds is 5. The van der Waals surface area contributed by atoms with Crippen LogP contribution in [0.25, 0.3) is 49.3 Å². The molecule has 2 atom stereocenters. The normalized spacial score (nSPS) is 17.7. The molecule has 202 valence electrons. The fourth-order valence-electron chi connectivity index (χ4n) is 6.91. The third kappa shape index (κ3) is 3.49. The number of carbonyl (C=O) groups excluding carboxylic acids is 1. The Hall–Kier alpha value is -5.19. The number of carbonyl (C=O) groups is 1. The number of allylic oxidation sites excluding steroid dienone is 4. The van der Waals surface area contributed by atoms with Crippen LogP contribution in [0, 0.1) is 0 Å². The molecule has 7 aromatic rings. The second-order valence-electron chi connectivity index (χ2n) is 11.0. The van der Waals surface area contributed by atoms with Gasteiger partial charge in [-0.25, -0.2) is 0 Å². The highest BCUT2D eigenvalue weighted by atomic mass is 16.3. The number of Topliss-reactive ketones (excluding diaryl/α,β-unsaturated/α-hetero) is 1. The summed E-state index contributed by atoms with van der Waals surface area (Å²) in [4.78, 5) is 14.9. The molecular weight excluding hydrogens is 516 g/mol. The van der Waals surface area contributed by atoms with Crippen molar-refractivity contribution < 1.29 is 9.90 Å². The number of fused-ring (bicyclic) bond motifs is 6. The zero-order valence-electron chi connectivity index (χ0n) is 22.9. The molecule has 0 aliphatic heterocycles. The molecule has 0 saturated carbocycles. The maximum atomic E-state index is 14.9. The van der Waals surface area contributed by atoms with Gasteiger partial charge in [-0.05, 0) is 35.9 Å². The minimum atomic E-state index is -1.30. The van der Waals surface area contributed by atoms with Gasteiger partial charge in [-0.3, -0.25) is 4.79 Å². The molecule has 0 spiro atoms. The second kappa shape index (κ2) is 9.44. The van der Waals surface area contributed by atoms with Crippen LogP contribution in [0.1, 0.15) is 18.1 Å². The van der Waals surface area contributed by atoms with E-state index in [4.69, 9.17) is 0 Å². The molecule has 2 aromatic heterocycles. The van der Waals surface area contributed by atoms with Crippen molar-refractivity contribution in [1.29, 1.82) is 0 Å². The quantitative estimate of drug-likeness (QED) is 0.237. The largest absolute Gasteiger partial charge is 0.380 e. The van der Waals surface area contributed by atoms with Crippen LogP contribution in [0.4, 0.5) is 0 Å². The number of aromatic nitrogens is 2. The zero-order valence-corrected chi connectivity index (χ0v) is 22.9. The highest BCUT2D eigenvalue weighted by Crippen LogP contribution is 2.45. The first-order valence-corrected chi connectivity index (χ1v) is 14.3. The number of benzene rings is 5. The van der Waals surface area contributed by atoms with Gasteiger partial charge in [-0.15, -0.1) is 0 Å². The van der Waals surface area contributed by atoms with Crippen molar-refractivity contribution >= 4 is 55.1 Å². The minimum Gasteiger partial charge on any atom is -0.380 e. The van der Waals surface area contributed by atoms with Crippen molar-refractivity contribution in [3.63, 3.8) is 0 Å². The third-order valence-corrected chi connectivity index (χ3v) is 8.75. The Kier molecular flexibility index (Phi) is 5.53. The first kappa shape index (κ1) is 24.6. The van der Waals surface area contributed by atoms with Crippen LogP contribution in [0.2, 0.25) is 0 Å². The number of aliphatic hydroxyl groups excluding tert-OH is 1. The number of para-hydroxylation sites is 4. The molecular formula is C38H28N2O2. The van der Waals surface area contributed by atoms with Gasteiger partial charge in [-0.1, -0.05) is 115 Å². The summed E-state index contributed by atoms with van der Waals surface area (Å²) in [5, 5.41) is 16.2. The lowest BCUT2D eigenvalue weighted by molar-refractivity contribution is -0.134. The van der Waals surface area contributed by atoms with Crippen molar-refractivity contribution in [2.24, 2.45) is 0 Å². The van der Waals surface area contributed by atoms with Crippen molar-refractivity contribution in [1.82, 2.24) is 9.13 Å². The van der Waals surface area contributed by atoms with Gasteiger partial charge >= 0.3 is 0 Å². The van der Waals surface area contributed by atoms with Crippen LogP contribution >= 0.6 is 0 Å². The Morgan fingerprint density at radius 1 is 0.619 bits per heavy atom. The van der Waals surface area contributed by atoms with Crippen LogP contribution in [0.3, 0.4) is 0 Å². The first-order valence-electron chi connectivity index (χ1n) is 14.3. The molecule has 1 aliphatic carbocycles. The van der Waals surface area contributed by atoms with E-state index in [9.17, 15) is 9.90 Å². The summed E-state index contributed by atoms with van der Waals surface area (Å²) in [7, 11) is 0. The highest BCUT2D eigenvalue weighted by molar-refractivity contribution is 6.12. The molecule has 0 saturated heterocycles. The smallest absolute Gasteiger partial charge is 0.195 e. The summed E-state index contributed by atoms with van der Waals surface area (Å²) >= 11 is 0. The summed E-state index contributed by atoms with van der Waals surface area (Å²) in [6.45, 7) is 0. The average molecular weight is 545 g/mol. The minimum absolute atomic E-state index is 0.261. The first-order chi connectivity index (χ1) is 20.7. The van der Waals surface area contributed by atoms with E-state index in [1.165, 1.54) is 10.8 Å². The Balaban J connectivity index is 1.41. The van der Waals surface area contributed by atoms with E-state index in [0.717, 1.165) is 38.5 Å². The molecule has 0 bridgehead atoms. The molecule has 0 fully saturated rings. The van der Waals surface area contributed by atoms with Gasteiger partial charge < -0.3 is 14.2 Å².